The van der Waals surface area contributed by atoms with E-state index in [4.69, 9.17) is 16.3 Å². The number of aromatic nitrogens is 6. The average Bonchev–Trinajstić information content (AvgIpc) is 3.06. The molecule has 0 aliphatic heterocycles. The summed E-state index contributed by atoms with van der Waals surface area (Å²) in [6.45, 7) is 2.04. The van der Waals surface area contributed by atoms with Crippen LogP contribution in [0.2, 0.25) is 5.15 Å². The first-order chi connectivity index (χ1) is 9.69. The number of halogens is 1. The lowest BCUT2D eigenvalue weighted by Crippen LogP contribution is -2.06. The predicted molar refractivity (Wildman–Crippen MR) is 68.9 cm³/mol. The van der Waals surface area contributed by atoms with Gasteiger partial charge in [-0.2, -0.15) is 24.7 Å². The Morgan fingerprint density at radius 2 is 2.30 bits per heavy atom. The number of hydrogen-bond donors (Lipinski definition) is 0. The molecule has 0 saturated carbocycles. The second-order valence-corrected chi connectivity index (χ2v) is 4.19. The van der Waals surface area contributed by atoms with Gasteiger partial charge in [-0.15, -0.1) is 0 Å². The van der Waals surface area contributed by atoms with Crippen LogP contribution in [0, 0.1) is 0 Å². The van der Waals surface area contributed by atoms with Crippen LogP contribution in [-0.4, -0.2) is 41.9 Å². The Hall–Kier alpha value is -2.48. The van der Waals surface area contributed by atoms with E-state index in [1.807, 2.05) is 0 Å². The van der Waals surface area contributed by atoms with Crippen molar-refractivity contribution in [3.63, 3.8) is 0 Å². The summed E-state index contributed by atoms with van der Waals surface area (Å²) in [6, 6.07) is 1.57. The Morgan fingerprint density at radius 1 is 1.45 bits per heavy atom. The first kappa shape index (κ1) is 12.5. The molecule has 3 heterocycles. The van der Waals surface area contributed by atoms with E-state index in [0.717, 1.165) is 0 Å². The van der Waals surface area contributed by atoms with Gasteiger partial charge in [-0.3, -0.25) is 0 Å². The highest BCUT2D eigenvalue weighted by Gasteiger charge is 2.13. The second kappa shape index (κ2) is 4.89. The molecule has 20 heavy (non-hydrogen) atoms. The van der Waals surface area contributed by atoms with Crippen molar-refractivity contribution in [3.05, 3.63) is 35.5 Å². The maximum atomic E-state index is 11.6. The minimum Gasteiger partial charge on any atom is -0.462 e. The number of esters is 1. The molecule has 9 heteroatoms. The minimum absolute atomic E-state index is 0.258. The van der Waals surface area contributed by atoms with E-state index in [9.17, 15) is 4.79 Å². The number of carbonyl (C=O) groups excluding carboxylic acids is 1. The zero-order valence-corrected chi connectivity index (χ0v) is 11.2. The minimum atomic E-state index is -0.436. The van der Waals surface area contributed by atoms with Crippen molar-refractivity contribution in [1.29, 1.82) is 0 Å². The van der Waals surface area contributed by atoms with Crippen molar-refractivity contribution in [2.75, 3.05) is 6.61 Å². The molecule has 0 spiro atoms. The van der Waals surface area contributed by atoms with E-state index in [1.54, 1.807) is 13.0 Å². The van der Waals surface area contributed by atoms with Gasteiger partial charge in [0.2, 0.25) is 0 Å². The van der Waals surface area contributed by atoms with Gasteiger partial charge in [-0.1, -0.05) is 11.6 Å². The SMILES string of the molecule is CCOC(=O)c1cnn(-c2cc(Cl)nc3ncnn23)c1. The maximum Gasteiger partial charge on any atom is 0.341 e. The molecule has 0 aliphatic carbocycles. The van der Waals surface area contributed by atoms with Crippen molar-refractivity contribution < 1.29 is 9.53 Å². The van der Waals surface area contributed by atoms with Crippen LogP contribution in [0.4, 0.5) is 0 Å². The first-order valence-electron chi connectivity index (χ1n) is 5.77. The van der Waals surface area contributed by atoms with Crippen LogP contribution in [0.25, 0.3) is 11.6 Å². The fourth-order valence-electron chi connectivity index (χ4n) is 1.70. The molecule has 0 aliphatic rings. The van der Waals surface area contributed by atoms with Crippen LogP contribution in [0.15, 0.2) is 24.8 Å². The molecule has 0 atom stereocenters. The molecule has 3 aromatic heterocycles. The van der Waals surface area contributed by atoms with Crippen molar-refractivity contribution in [3.8, 4) is 5.82 Å². The predicted octanol–water partition coefficient (Wildman–Crippen LogP) is 1.14. The molecule has 0 bridgehead atoms. The quantitative estimate of drug-likeness (QED) is 0.531. The Kier molecular flexibility index (Phi) is 3.07. The van der Waals surface area contributed by atoms with Gasteiger partial charge in [0.25, 0.3) is 5.78 Å². The van der Waals surface area contributed by atoms with Gasteiger partial charge >= 0.3 is 5.97 Å². The summed E-state index contributed by atoms with van der Waals surface area (Å²) >= 11 is 5.92. The molecule has 0 N–H and O–H groups in total. The van der Waals surface area contributed by atoms with Crippen LogP contribution in [-0.2, 0) is 4.74 Å². The third-order valence-corrected chi connectivity index (χ3v) is 2.72. The fourth-order valence-corrected chi connectivity index (χ4v) is 1.87. The number of fused-ring (bicyclic) bond motifs is 1. The van der Waals surface area contributed by atoms with E-state index in [0.29, 0.717) is 23.8 Å². The molecule has 0 amide bonds. The number of hydrogen-bond acceptors (Lipinski definition) is 6. The van der Waals surface area contributed by atoms with Crippen LogP contribution < -0.4 is 0 Å². The summed E-state index contributed by atoms with van der Waals surface area (Å²) in [5, 5.41) is 8.39. The third kappa shape index (κ3) is 2.10. The standard InChI is InChI=1S/C11H9ClN6O2/c1-2-20-10(19)7-4-14-17(5-7)9-3-8(12)16-11-13-6-15-18(9)11/h3-6H,2H2,1H3. The summed E-state index contributed by atoms with van der Waals surface area (Å²) in [5.74, 6) is 0.433. The maximum absolute atomic E-state index is 11.6. The molecule has 8 nitrogen and oxygen atoms in total. The fraction of sp³-hybridized carbons (Fsp3) is 0.182. The lowest BCUT2D eigenvalue weighted by Gasteiger charge is -2.03. The van der Waals surface area contributed by atoms with Gasteiger partial charge in [0, 0.05) is 12.3 Å². The summed E-state index contributed by atoms with van der Waals surface area (Å²) in [6.07, 6.45) is 4.30. The summed E-state index contributed by atoms with van der Waals surface area (Å²) in [7, 11) is 0. The zero-order valence-electron chi connectivity index (χ0n) is 10.4. The molecule has 102 valence electrons. The Balaban J connectivity index is 2.07. The molecular formula is C11H9ClN6O2. The third-order valence-electron chi connectivity index (χ3n) is 2.53. The first-order valence-corrected chi connectivity index (χ1v) is 6.15. The highest BCUT2D eigenvalue weighted by atomic mass is 35.5. The normalized spacial score (nSPS) is 10.9. The number of carbonyl (C=O) groups is 1. The van der Waals surface area contributed by atoms with Crippen LogP contribution in [0.1, 0.15) is 17.3 Å². The summed E-state index contributed by atoms with van der Waals surface area (Å²) in [5.41, 5.74) is 0.341. The topological polar surface area (TPSA) is 87.2 Å². The largest absolute Gasteiger partial charge is 0.462 e. The monoisotopic (exact) mass is 292 g/mol. The lowest BCUT2D eigenvalue weighted by atomic mass is 10.4. The molecule has 0 fully saturated rings. The molecule has 3 aromatic rings. The Labute approximate surface area is 118 Å². The van der Waals surface area contributed by atoms with Gasteiger partial charge in [0.15, 0.2) is 5.82 Å². The van der Waals surface area contributed by atoms with Gasteiger partial charge in [-0.25, -0.2) is 9.48 Å². The van der Waals surface area contributed by atoms with Crippen LogP contribution in [0.5, 0.6) is 0 Å². The van der Waals surface area contributed by atoms with E-state index < -0.39 is 5.97 Å². The molecule has 0 saturated heterocycles. The van der Waals surface area contributed by atoms with Crippen molar-refractivity contribution in [1.82, 2.24) is 29.4 Å². The Morgan fingerprint density at radius 3 is 3.10 bits per heavy atom. The molecule has 0 unspecified atom stereocenters. The van der Waals surface area contributed by atoms with E-state index in [2.05, 4.69) is 20.2 Å². The lowest BCUT2D eigenvalue weighted by molar-refractivity contribution is 0.0526. The highest BCUT2D eigenvalue weighted by molar-refractivity contribution is 6.29. The van der Waals surface area contributed by atoms with Gasteiger partial charge in [0.05, 0.1) is 18.4 Å². The molecule has 0 aromatic carbocycles. The average molecular weight is 293 g/mol. The molecular weight excluding hydrogens is 284 g/mol. The summed E-state index contributed by atoms with van der Waals surface area (Å²) < 4.78 is 7.83. The van der Waals surface area contributed by atoms with Gasteiger partial charge < -0.3 is 4.74 Å². The molecule has 3 rings (SSSR count). The van der Waals surface area contributed by atoms with E-state index in [1.165, 1.54) is 27.9 Å². The van der Waals surface area contributed by atoms with Gasteiger partial charge in [-0.05, 0) is 6.92 Å². The second-order valence-electron chi connectivity index (χ2n) is 3.80. The van der Waals surface area contributed by atoms with Gasteiger partial charge in [0.1, 0.15) is 11.5 Å². The van der Waals surface area contributed by atoms with Crippen molar-refractivity contribution in [2.24, 2.45) is 0 Å². The van der Waals surface area contributed by atoms with Crippen LogP contribution >= 0.6 is 11.6 Å². The van der Waals surface area contributed by atoms with E-state index >= 15 is 0 Å². The number of nitrogens with zero attached hydrogens (tertiary/aromatic N) is 6. The smallest absolute Gasteiger partial charge is 0.341 e. The number of ether oxygens (including phenoxy) is 1. The summed E-state index contributed by atoms with van der Waals surface area (Å²) in [4.78, 5) is 19.6. The zero-order chi connectivity index (χ0) is 14.1. The van der Waals surface area contributed by atoms with Crippen molar-refractivity contribution >= 4 is 23.3 Å². The van der Waals surface area contributed by atoms with E-state index in [-0.39, 0.29) is 5.15 Å². The molecule has 0 radical (unpaired) electrons. The number of rotatable bonds is 3. The van der Waals surface area contributed by atoms with Crippen molar-refractivity contribution in [2.45, 2.75) is 6.92 Å². The van der Waals surface area contributed by atoms with Crippen LogP contribution in [0.3, 0.4) is 0 Å². The Bertz CT molecular complexity index is 780. The highest BCUT2D eigenvalue weighted by Crippen LogP contribution is 2.14.